The molecule has 1 fully saturated rings. The van der Waals surface area contributed by atoms with Gasteiger partial charge in [0.05, 0.1) is 31.6 Å². The molecule has 3 heterocycles. The fraction of sp³-hybridized carbons (Fsp3) is 0.647. The molecule has 4 rings (SSSR count). The molecule has 1 aliphatic heterocycles. The zero-order valence-corrected chi connectivity index (χ0v) is 14.4. The number of hydrogen-bond acceptors (Lipinski definition) is 4. The van der Waals surface area contributed by atoms with Crippen molar-refractivity contribution in [3.05, 3.63) is 16.3 Å². The minimum atomic E-state index is 0.812. The molecule has 118 valence electrons. The molecular weight excluding hydrogens is 292 g/mol. The third-order valence-electron chi connectivity index (χ3n) is 5.00. The average Bonchev–Trinajstić information content (AvgIpc) is 2.91. The molecular formula is C17H25N4S+. The van der Waals surface area contributed by atoms with Gasteiger partial charge in [-0.3, -0.25) is 0 Å². The highest BCUT2D eigenvalue weighted by Gasteiger charge is 2.26. The van der Waals surface area contributed by atoms with Gasteiger partial charge in [0.1, 0.15) is 16.5 Å². The highest BCUT2D eigenvalue weighted by atomic mass is 32.1. The van der Waals surface area contributed by atoms with E-state index in [1.165, 1.54) is 48.4 Å². The number of aryl methyl sites for hydroxylation is 2. The van der Waals surface area contributed by atoms with E-state index in [-0.39, 0.29) is 0 Å². The molecule has 1 saturated heterocycles. The maximum atomic E-state index is 4.95. The number of nitrogens with zero attached hydrogens (tertiary/aromatic N) is 3. The van der Waals surface area contributed by atoms with E-state index in [1.807, 2.05) is 11.3 Å². The van der Waals surface area contributed by atoms with E-state index in [2.05, 4.69) is 24.1 Å². The summed E-state index contributed by atoms with van der Waals surface area (Å²) in [7, 11) is 0. The summed E-state index contributed by atoms with van der Waals surface area (Å²) in [5.74, 6) is 3.04. The number of piperazine rings is 1. The van der Waals surface area contributed by atoms with Crippen LogP contribution in [0.25, 0.3) is 10.2 Å². The Morgan fingerprint density at radius 3 is 2.86 bits per heavy atom. The van der Waals surface area contributed by atoms with E-state index in [9.17, 15) is 0 Å². The first-order valence-corrected chi connectivity index (χ1v) is 9.45. The zero-order valence-electron chi connectivity index (χ0n) is 13.6. The molecule has 2 aliphatic rings. The van der Waals surface area contributed by atoms with Gasteiger partial charge in [-0.1, -0.05) is 13.8 Å². The van der Waals surface area contributed by atoms with Crippen molar-refractivity contribution in [1.82, 2.24) is 9.97 Å². The molecule has 0 amide bonds. The lowest BCUT2D eigenvalue weighted by atomic mass is 9.89. The normalized spacial score (nSPS) is 22.1. The maximum Gasteiger partial charge on any atom is 0.141 e. The van der Waals surface area contributed by atoms with Crippen molar-refractivity contribution in [2.75, 3.05) is 31.1 Å². The molecule has 22 heavy (non-hydrogen) atoms. The molecule has 0 aromatic carbocycles. The number of anilines is 1. The quantitative estimate of drug-likeness (QED) is 0.918. The summed E-state index contributed by atoms with van der Waals surface area (Å²) in [5, 5.41) is 3.78. The van der Waals surface area contributed by atoms with Crippen LogP contribution in [0.3, 0.4) is 0 Å². The largest absolute Gasteiger partial charge is 0.345 e. The minimum Gasteiger partial charge on any atom is -0.345 e. The Balaban J connectivity index is 1.88. The van der Waals surface area contributed by atoms with Gasteiger partial charge < -0.3 is 10.2 Å². The fourth-order valence-corrected chi connectivity index (χ4v) is 5.11. The summed E-state index contributed by atoms with van der Waals surface area (Å²) < 4.78 is 0. The van der Waals surface area contributed by atoms with Crippen molar-refractivity contribution in [2.24, 2.45) is 5.92 Å². The number of hydrogen-bond donors (Lipinski definition) is 1. The molecule has 5 heteroatoms. The van der Waals surface area contributed by atoms with Crippen LogP contribution in [0.1, 0.15) is 36.5 Å². The summed E-state index contributed by atoms with van der Waals surface area (Å²) in [6, 6.07) is 0. The second-order valence-corrected chi connectivity index (χ2v) is 7.79. The highest BCUT2D eigenvalue weighted by Crippen LogP contribution is 2.41. The summed E-state index contributed by atoms with van der Waals surface area (Å²) in [4.78, 5) is 15.1. The van der Waals surface area contributed by atoms with Crippen molar-refractivity contribution in [1.29, 1.82) is 0 Å². The molecule has 1 atom stereocenters. The predicted octanol–water partition coefficient (Wildman–Crippen LogP) is 1.76. The van der Waals surface area contributed by atoms with E-state index in [1.54, 1.807) is 10.4 Å². The van der Waals surface area contributed by atoms with Crippen molar-refractivity contribution in [2.45, 2.75) is 39.5 Å². The Hall–Kier alpha value is -1.20. The van der Waals surface area contributed by atoms with Crippen LogP contribution >= 0.6 is 11.3 Å². The smallest absolute Gasteiger partial charge is 0.141 e. The van der Waals surface area contributed by atoms with E-state index < -0.39 is 0 Å². The molecule has 0 bridgehead atoms. The van der Waals surface area contributed by atoms with E-state index in [0.717, 1.165) is 31.3 Å². The molecule has 0 radical (unpaired) electrons. The first kappa shape index (κ1) is 14.4. The van der Waals surface area contributed by atoms with Gasteiger partial charge in [0.2, 0.25) is 0 Å². The van der Waals surface area contributed by atoms with Crippen molar-refractivity contribution in [3.8, 4) is 0 Å². The topological polar surface area (TPSA) is 45.6 Å². The summed E-state index contributed by atoms with van der Waals surface area (Å²) in [6.45, 7) is 9.10. The Morgan fingerprint density at radius 1 is 1.27 bits per heavy atom. The Bertz CT molecular complexity index is 688. The van der Waals surface area contributed by atoms with Crippen LogP contribution in [0.4, 0.5) is 5.82 Å². The number of thiophene rings is 1. The summed E-state index contributed by atoms with van der Waals surface area (Å²) in [6.07, 6.45) is 4.66. The van der Waals surface area contributed by atoms with Crippen LogP contribution in [-0.4, -0.2) is 36.1 Å². The lowest BCUT2D eigenvalue weighted by Gasteiger charge is -2.28. The Morgan fingerprint density at radius 2 is 2.09 bits per heavy atom. The third kappa shape index (κ3) is 2.40. The van der Waals surface area contributed by atoms with Crippen molar-refractivity contribution >= 4 is 27.4 Å². The van der Waals surface area contributed by atoms with E-state index >= 15 is 0 Å². The molecule has 1 aliphatic carbocycles. The molecule has 0 saturated carbocycles. The van der Waals surface area contributed by atoms with Crippen LogP contribution < -0.4 is 10.2 Å². The second-order valence-electron chi connectivity index (χ2n) is 6.70. The average molecular weight is 317 g/mol. The van der Waals surface area contributed by atoms with Crippen molar-refractivity contribution < 1.29 is 5.32 Å². The van der Waals surface area contributed by atoms with Gasteiger partial charge >= 0.3 is 0 Å². The molecule has 2 N–H and O–H groups in total. The van der Waals surface area contributed by atoms with Crippen LogP contribution in [0.15, 0.2) is 0 Å². The Kier molecular flexibility index (Phi) is 3.78. The molecule has 0 unspecified atom stereocenters. The number of rotatable bonds is 2. The number of fused-ring (bicyclic) bond motifs is 3. The molecule has 2 aromatic rings. The minimum absolute atomic E-state index is 0.812. The van der Waals surface area contributed by atoms with Gasteiger partial charge in [-0.15, -0.1) is 11.3 Å². The molecule has 2 aromatic heterocycles. The lowest BCUT2D eigenvalue weighted by molar-refractivity contribution is -0.655. The van der Waals surface area contributed by atoms with Gasteiger partial charge in [0, 0.05) is 11.3 Å². The van der Waals surface area contributed by atoms with E-state index in [4.69, 9.17) is 9.97 Å². The number of aromatic nitrogens is 2. The van der Waals surface area contributed by atoms with Crippen LogP contribution in [0, 0.1) is 5.92 Å². The van der Waals surface area contributed by atoms with Crippen molar-refractivity contribution in [3.63, 3.8) is 0 Å². The number of nitrogens with two attached hydrogens (primary N) is 1. The second kappa shape index (κ2) is 5.78. The first-order valence-electron chi connectivity index (χ1n) is 8.64. The Labute approximate surface area is 136 Å². The van der Waals surface area contributed by atoms with Gasteiger partial charge in [-0.25, -0.2) is 9.97 Å². The standard InChI is InChI=1S/C17H24N4S/c1-3-14-19-16(21-8-6-18-7-9-21)15-12-5-4-11(2)10-13(12)22-17(15)20-14/h11,18H,3-10H2,1-2H3/p+1/t11-/m1/s1. The SMILES string of the molecule is CCc1nc(N2CC[NH2+]CC2)c2c3c(sc2n1)C[C@H](C)CC3. The van der Waals surface area contributed by atoms with Gasteiger partial charge in [-0.05, 0) is 30.7 Å². The predicted molar refractivity (Wildman–Crippen MR) is 91.9 cm³/mol. The summed E-state index contributed by atoms with van der Waals surface area (Å²) in [5.41, 5.74) is 1.56. The maximum absolute atomic E-state index is 4.95. The molecule has 4 nitrogen and oxygen atoms in total. The van der Waals surface area contributed by atoms with Crippen LogP contribution in [0.5, 0.6) is 0 Å². The van der Waals surface area contributed by atoms with Gasteiger partial charge in [0.15, 0.2) is 0 Å². The van der Waals surface area contributed by atoms with Crippen LogP contribution in [0.2, 0.25) is 0 Å². The first-order chi connectivity index (χ1) is 10.8. The fourth-order valence-electron chi connectivity index (χ4n) is 3.72. The monoisotopic (exact) mass is 317 g/mol. The zero-order chi connectivity index (χ0) is 15.1. The highest BCUT2D eigenvalue weighted by molar-refractivity contribution is 7.19. The van der Waals surface area contributed by atoms with Crippen LogP contribution in [-0.2, 0) is 19.3 Å². The third-order valence-corrected chi connectivity index (χ3v) is 6.15. The molecule has 0 spiro atoms. The van der Waals surface area contributed by atoms with E-state index in [0.29, 0.717) is 0 Å². The number of quaternary nitrogens is 1. The lowest BCUT2D eigenvalue weighted by Crippen LogP contribution is -2.89. The van der Waals surface area contributed by atoms with Gasteiger partial charge in [0.25, 0.3) is 0 Å². The summed E-state index contributed by atoms with van der Waals surface area (Å²) >= 11 is 1.93. The van der Waals surface area contributed by atoms with Gasteiger partial charge in [-0.2, -0.15) is 0 Å².